The maximum Gasteiger partial charge on any atom is 0.225 e. The summed E-state index contributed by atoms with van der Waals surface area (Å²) in [6.07, 6.45) is 1.53. The highest BCUT2D eigenvalue weighted by molar-refractivity contribution is 5.75. The smallest absolute Gasteiger partial charge is 0.225 e. The largest absolute Gasteiger partial charge is 0.493 e. The second-order valence-electron chi connectivity index (χ2n) is 5.59. The molecule has 1 N–H and O–H groups in total. The summed E-state index contributed by atoms with van der Waals surface area (Å²) in [5, 5.41) is 3.47. The number of hydrogen-bond donors (Lipinski definition) is 1. The summed E-state index contributed by atoms with van der Waals surface area (Å²) >= 11 is 0. The summed E-state index contributed by atoms with van der Waals surface area (Å²) in [6.45, 7) is 7.81. The van der Waals surface area contributed by atoms with E-state index in [4.69, 9.17) is 4.74 Å². The molecule has 0 radical (unpaired) electrons. The van der Waals surface area contributed by atoms with E-state index >= 15 is 0 Å². The number of carbonyl (C=O) groups is 1. The summed E-state index contributed by atoms with van der Waals surface area (Å²) in [5.74, 6) is 0.939. The Labute approximate surface area is 128 Å². The Bertz CT molecular complexity index is 458. The fourth-order valence-electron chi connectivity index (χ4n) is 2.05. The molecule has 0 saturated heterocycles. The van der Waals surface area contributed by atoms with Crippen LogP contribution in [0.4, 0.5) is 0 Å². The van der Waals surface area contributed by atoms with Crippen molar-refractivity contribution in [1.29, 1.82) is 0 Å². The Kier molecular flexibility index (Phi) is 7.23. The van der Waals surface area contributed by atoms with E-state index < -0.39 is 0 Å². The zero-order chi connectivity index (χ0) is 15.8. The number of carbonyl (C=O) groups excluding carboxylic acids is 1. The lowest BCUT2D eigenvalue weighted by molar-refractivity contribution is -0.129. The third-order valence-corrected chi connectivity index (χ3v) is 3.47. The molecule has 0 heterocycles. The number of amides is 1. The van der Waals surface area contributed by atoms with Gasteiger partial charge in [-0.15, -0.1) is 0 Å². The van der Waals surface area contributed by atoms with Gasteiger partial charge >= 0.3 is 0 Å². The molecule has 1 aromatic rings. The van der Waals surface area contributed by atoms with Crippen LogP contribution in [0.25, 0.3) is 0 Å². The molecule has 1 atom stereocenters. The third kappa shape index (κ3) is 5.76. The number of aryl methyl sites for hydroxylation is 1. The van der Waals surface area contributed by atoms with E-state index in [-0.39, 0.29) is 5.91 Å². The van der Waals surface area contributed by atoms with Crippen molar-refractivity contribution < 1.29 is 9.53 Å². The van der Waals surface area contributed by atoms with Gasteiger partial charge in [0.05, 0.1) is 13.0 Å². The van der Waals surface area contributed by atoms with Crippen LogP contribution >= 0.6 is 0 Å². The Morgan fingerprint density at radius 1 is 1.38 bits per heavy atom. The molecule has 118 valence electrons. The minimum atomic E-state index is 0.0849. The van der Waals surface area contributed by atoms with Gasteiger partial charge < -0.3 is 15.0 Å². The van der Waals surface area contributed by atoms with Crippen LogP contribution in [-0.2, 0) is 4.79 Å². The number of hydrogen-bond acceptors (Lipinski definition) is 3. The van der Waals surface area contributed by atoms with Gasteiger partial charge in [-0.2, -0.15) is 0 Å². The molecular formula is C17H28N2O2. The average molecular weight is 292 g/mol. The summed E-state index contributed by atoms with van der Waals surface area (Å²) in [5.41, 5.74) is 2.37. The fourth-order valence-corrected chi connectivity index (χ4v) is 2.05. The summed E-state index contributed by atoms with van der Waals surface area (Å²) in [7, 11) is 3.51. The normalized spacial score (nSPS) is 12.0. The minimum Gasteiger partial charge on any atom is -0.493 e. The van der Waals surface area contributed by atoms with Crippen LogP contribution in [-0.4, -0.2) is 38.1 Å². The molecule has 0 aliphatic rings. The highest BCUT2D eigenvalue weighted by atomic mass is 16.5. The lowest BCUT2D eigenvalue weighted by atomic mass is 10.0. The quantitative estimate of drug-likeness (QED) is 0.801. The number of benzene rings is 1. The van der Waals surface area contributed by atoms with Crippen LogP contribution in [0.1, 0.15) is 43.9 Å². The molecule has 0 aliphatic carbocycles. The summed E-state index contributed by atoms with van der Waals surface area (Å²) in [6, 6.07) is 6.57. The van der Waals surface area contributed by atoms with Gasteiger partial charge in [0.15, 0.2) is 0 Å². The Morgan fingerprint density at radius 3 is 2.67 bits per heavy atom. The first-order valence-corrected chi connectivity index (χ1v) is 7.62. The van der Waals surface area contributed by atoms with E-state index in [1.165, 1.54) is 5.56 Å². The molecule has 0 aliphatic heterocycles. The van der Waals surface area contributed by atoms with Crippen molar-refractivity contribution in [3.63, 3.8) is 0 Å². The zero-order valence-electron chi connectivity index (χ0n) is 13.9. The molecule has 4 nitrogen and oxygen atoms in total. The first kappa shape index (κ1) is 17.5. The van der Waals surface area contributed by atoms with E-state index in [2.05, 4.69) is 31.3 Å². The van der Waals surface area contributed by atoms with Crippen LogP contribution < -0.4 is 10.1 Å². The van der Waals surface area contributed by atoms with Crippen molar-refractivity contribution in [2.24, 2.45) is 0 Å². The molecule has 0 bridgehead atoms. The summed E-state index contributed by atoms with van der Waals surface area (Å²) in [4.78, 5) is 13.1. The van der Waals surface area contributed by atoms with Gasteiger partial charge in [-0.25, -0.2) is 0 Å². The lowest BCUT2D eigenvalue weighted by Crippen LogP contribution is -2.23. The molecule has 1 amide bonds. The molecule has 0 fully saturated rings. The van der Waals surface area contributed by atoms with Crippen LogP contribution in [0.15, 0.2) is 18.2 Å². The minimum absolute atomic E-state index is 0.0849. The van der Waals surface area contributed by atoms with Crippen molar-refractivity contribution in [2.45, 2.75) is 39.7 Å². The maximum absolute atomic E-state index is 11.5. The van der Waals surface area contributed by atoms with Gasteiger partial charge in [-0.1, -0.05) is 19.1 Å². The summed E-state index contributed by atoms with van der Waals surface area (Å²) < 4.78 is 5.71. The highest BCUT2D eigenvalue weighted by Gasteiger charge is 2.08. The predicted molar refractivity (Wildman–Crippen MR) is 86.7 cm³/mol. The third-order valence-electron chi connectivity index (χ3n) is 3.47. The maximum atomic E-state index is 11.5. The SMILES string of the molecule is CCCNC(C)c1ccc(OCCC(=O)N(C)C)c(C)c1. The van der Waals surface area contributed by atoms with Crippen LogP contribution in [0.5, 0.6) is 5.75 Å². The zero-order valence-corrected chi connectivity index (χ0v) is 13.9. The average Bonchev–Trinajstić information content (AvgIpc) is 2.45. The number of nitrogens with one attached hydrogen (secondary N) is 1. The van der Waals surface area contributed by atoms with Gasteiger partial charge in [0.2, 0.25) is 5.91 Å². The molecule has 4 heteroatoms. The standard InChI is InChI=1S/C17H28N2O2/c1-6-10-18-14(3)15-7-8-16(13(2)12-15)21-11-9-17(20)19(4)5/h7-8,12,14,18H,6,9-11H2,1-5H3. The molecule has 21 heavy (non-hydrogen) atoms. The Morgan fingerprint density at radius 2 is 2.10 bits per heavy atom. The molecule has 1 rings (SSSR count). The Balaban J connectivity index is 2.56. The molecule has 0 aromatic heterocycles. The molecular weight excluding hydrogens is 264 g/mol. The predicted octanol–water partition coefficient (Wildman–Crippen LogP) is 2.91. The number of nitrogens with zero attached hydrogens (tertiary/aromatic N) is 1. The van der Waals surface area contributed by atoms with Gasteiger partial charge in [0.1, 0.15) is 5.75 Å². The number of rotatable bonds is 8. The van der Waals surface area contributed by atoms with Gasteiger partial charge in [0.25, 0.3) is 0 Å². The molecule has 1 aromatic carbocycles. The lowest BCUT2D eigenvalue weighted by Gasteiger charge is -2.16. The molecule has 1 unspecified atom stereocenters. The fraction of sp³-hybridized carbons (Fsp3) is 0.588. The number of ether oxygens (including phenoxy) is 1. The van der Waals surface area contributed by atoms with Crippen molar-refractivity contribution in [2.75, 3.05) is 27.2 Å². The highest BCUT2D eigenvalue weighted by Crippen LogP contribution is 2.23. The van der Waals surface area contributed by atoms with Gasteiger partial charge in [0, 0.05) is 20.1 Å². The second kappa shape index (κ2) is 8.67. The van der Waals surface area contributed by atoms with E-state index in [1.807, 2.05) is 13.0 Å². The van der Waals surface area contributed by atoms with Crippen LogP contribution in [0.3, 0.4) is 0 Å². The molecule has 0 spiro atoms. The van der Waals surface area contributed by atoms with Crippen molar-refractivity contribution in [1.82, 2.24) is 10.2 Å². The Hall–Kier alpha value is -1.55. The van der Waals surface area contributed by atoms with Crippen molar-refractivity contribution in [3.05, 3.63) is 29.3 Å². The van der Waals surface area contributed by atoms with Crippen molar-refractivity contribution in [3.8, 4) is 5.75 Å². The first-order valence-electron chi connectivity index (χ1n) is 7.62. The van der Waals surface area contributed by atoms with E-state index in [0.29, 0.717) is 19.1 Å². The van der Waals surface area contributed by atoms with Gasteiger partial charge in [-0.05, 0) is 44.0 Å². The second-order valence-corrected chi connectivity index (χ2v) is 5.59. The van der Waals surface area contributed by atoms with Crippen LogP contribution in [0.2, 0.25) is 0 Å². The monoisotopic (exact) mass is 292 g/mol. The van der Waals surface area contributed by atoms with Crippen LogP contribution in [0, 0.1) is 6.92 Å². The first-order chi connectivity index (χ1) is 9.95. The van der Waals surface area contributed by atoms with Gasteiger partial charge in [-0.3, -0.25) is 4.79 Å². The topological polar surface area (TPSA) is 41.6 Å². The van der Waals surface area contributed by atoms with Crippen molar-refractivity contribution >= 4 is 5.91 Å². The van der Waals surface area contributed by atoms with E-state index in [9.17, 15) is 4.79 Å². The molecule has 0 saturated carbocycles. The van der Waals surface area contributed by atoms with E-state index in [1.54, 1.807) is 19.0 Å². The van der Waals surface area contributed by atoms with E-state index in [0.717, 1.165) is 24.3 Å².